The third kappa shape index (κ3) is 113. The van der Waals surface area contributed by atoms with Gasteiger partial charge in [-0.25, -0.2) is 4.79 Å². The summed E-state index contributed by atoms with van der Waals surface area (Å²) >= 11 is 0. The Labute approximate surface area is 99.3 Å². The van der Waals surface area contributed by atoms with Crippen molar-refractivity contribution in [3.05, 3.63) is 24.3 Å². The van der Waals surface area contributed by atoms with Gasteiger partial charge in [-0.15, -0.1) is 0 Å². The van der Waals surface area contributed by atoms with Crippen LogP contribution in [0.2, 0.25) is 0 Å². The number of carboxylic acid groups (broad SMARTS) is 1. The Balaban J connectivity index is -0.0000000410. The molecule has 85 valence electrons. The Morgan fingerprint density at radius 3 is 1.53 bits per heavy atom. The van der Waals surface area contributed by atoms with Crippen LogP contribution in [-0.4, -0.2) is 31.4 Å². The van der Waals surface area contributed by atoms with Gasteiger partial charge in [-0.05, 0) is 6.92 Å². The smallest absolute Gasteiger partial charge is 0.545 e. The average Bonchev–Trinajstić information content (AvgIpc) is 2.27. The molecule has 1 radical (unpaired) electrons. The quantitative estimate of drug-likeness (QED) is 0.253. The first-order valence-electron chi connectivity index (χ1n) is 3.00. The van der Waals surface area contributed by atoms with E-state index in [9.17, 15) is 4.79 Å². The fourth-order valence-electron chi connectivity index (χ4n) is 0.249. The van der Waals surface area contributed by atoms with E-state index in [-0.39, 0.29) is 17.1 Å². The van der Waals surface area contributed by atoms with Crippen molar-refractivity contribution < 1.29 is 41.4 Å². The summed E-state index contributed by atoms with van der Waals surface area (Å²) in [7, 11) is 0. The second-order valence-electron chi connectivity index (χ2n) is 1.22. The summed E-state index contributed by atoms with van der Waals surface area (Å²) in [5.41, 5.74) is 0. The molecular formula is C9H11FeO5. The SMILES string of the molecule is C/C=C/C=C/C(=O)O.[CH-]=O.[CH-]=O.[CH-]=O.[Fe+3]. The van der Waals surface area contributed by atoms with Gasteiger partial charge < -0.3 is 19.5 Å². The molecule has 0 atom stereocenters. The zero-order valence-electron chi connectivity index (χ0n) is 7.98. The standard InChI is InChI=1S/C6H8O2.3CHO.Fe/c1-2-3-4-5-6(7)8;3*1-2;/h2-5H,1H3,(H,7,8);3*1H;/q;3*-1;+3/b3-2+,5-4+;;;;. The molecule has 0 aliphatic heterocycles. The van der Waals surface area contributed by atoms with Gasteiger partial charge in [-0.3, -0.25) is 20.4 Å². The van der Waals surface area contributed by atoms with E-state index >= 15 is 0 Å². The molecule has 15 heavy (non-hydrogen) atoms. The van der Waals surface area contributed by atoms with Crippen LogP contribution in [0.1, 0.15) is 6.92 Å². The molecule has 0 aromatic heterocycles. The molecule has 0 amide bonds. The molecule has 0 aliphatic carbocycles. The Morgan fingerprint density at radius 1 is 1.00 bits per heavy atom. The van der Waals surface area contributed by atoms with E-state index in [1.807, 2.05) is 6.92 Å². The Hall–Kier alpha value is -1.52. The van der Waals surface area contributed by atoms with Gasteiger partial charge in [0.1, 0.15) is 0 Å². The van der Waals surface area contributed by atoms with Gasteiger partial charge in [-0.1, -0.05) is 18.2 Å². The third-order valence-electron chi connectivity index (χ3n) is 0.542. The minimum atomic E-state index is -0.914. The van der Waals surface area contributed by atoms with Crippen molar-refractivity contribution in [1.29, 1.82) is 0 Å². The number of hydrogen-bond donors (Lipinski definition) is 1. The number of allylic oxidation sites excluding steroid dienone is 3. The first-order chi connectivity index (χ1) is 6.77. The van der Waals surface area contributed by atoms with Gasteiger partial charge in [0.2, 0.25) is 0 Å². The summed E-state index contributed by atoms with van der Waals surface area (Å²) < 4.78 is 0. The fourth-order valence-corrected chi connectivity index (χ4v) is 0.249. The number of rotatable bonds is 2. The van der Waals surface area contributed by atoms with E-state index < -0.39 is 5.97 Å². The molecule has 0 unspecified atom stereocenters. The molecule has 0 aromatic carbocycles. The number of carboxylic acids is 1. The zero-order valence-corrected chi connectivity index (χ0v) is 9.08. The van der Waals surface area contributed by atoms with Crippen LogP contribution in [0.4, 0.5) is 0 Å². The van der Waals surface area contributed by atoms with Gasteiger partial charge in [0.15, 0.2) is 0 Å². The molecule has 0 saturated heterocycles. The summed E-state index contributed by atoms with van der Waals surface area (Å²) in [6, 6.07) is 0. The Morgan fingerprint density at radius 2 is 1.33 bits per heavy atom. The number of carbonyl (C=O) groups excluding carboxylic acids is 3. The second kappa shape index (κ2) is 54.8. The summed E-state index contributed by atoms with van der Waals surface area (Å²) in [5, 5.41) is 8.02. The van der Waals surface area contributed by atoms with Gasteiger partial charge in [0, 0.05) is 6.08 Å². The molecule has 0 spiro atoms. The van der Waals surface area contributed by atoms with Crippen molar-refractivity contribution in [3.63, 3.8) is 0 Å². The van der Waals surface area contributed by atoms with Crippen LogP contribution >= 0.6 is 0 Å². The first kappa shape index (κ1) is 29.2. The summed E-state index contributed by atoms with van der Waals surface area (Å²) in [4.78, 5) is 33.0. The van der Waals surface area contributed by atoms with E-state index in [0.717, 1.165) is 6.08 Å². The van der Waals surface area contributed by atoms with Crippen LogP contribution in [-0.2, 0) is 36.2 Å². The molecule has 0 fully saturated rings. The molecular weight excluding hydrogens is 244 g/mol. The Bertz CT molecular complexity index is 163. The number of aliphatic carboxylic acids is 1. The normalized spacial score (nSPS) is 6.73. The molecule has 5 nitrogen and oxygen atoms in total. The monoisotopic (exact) mass is 255 g/mol. The molecule has 0 saturated carbocycles. The van der Waals surface area contributed by atoms with E-state index in [0.29, 0.717) is 0 Å². The molecule has 0 aromatic rings. The number of carbonyl (C=O) groups is 1. The first-order valence-corrected chi connectivity index (χ1v) is 3.00. The minimum absolute atomic E-state index is 0. The zero-order chi connectivity index (χ0) is 12.4. The minimum Gasteiger partial charge on any atom is -0.545 e. The maximum absolute atomic E-state index is 9.75. The maximum Gasteiger partial charge on any atom is 3.00 e. The molecule has 0 rings (SSSR count). The number of hydrogen-bond acceptors (Lipinski definition) is 4. The summed E-state index contributed by atoms with van der Waals surface area (Å²) in [5.74, 6) is -0.914. The molecule has 0 bridgehead atoms. The van der Waals surface area contributed by atoms with Gasteiger partial charge in [-0.2, -0.15) is 0 Å². The van der Waals surface area contributed by atoms with Gasteiger partial charge in [0.05, 0.1) is 0 Å². The predicted molar refractivity (Wildman–Crippen MR) is 51.8 cm³/mol. The molecule has 1 N–H and O–H groups in total. The fraction of sp³-hybridized carbons (Fsp3) is 0.111. The third-order valence-corrected chi connectivity index (χ3v) is 0.542. The van der Waals surface area contributed by atoms with Crippen molar-refractivity contribution in [2.24, 2.45) is 0 Å². The van der Waals surface area contributed by atoms with Crippen LogP contribution in [0.15, 0.2) is 24.3 Å². The van der Waals surface area contributed by atoms with Crippen molar-refractivity contribution in [2.75, 3.05) is 0 Å². The summed E-state index contributed by atoms with van der Waals surface area (Å²) in [6.45, 7) is 11.6. The van der Waals surface area contributed by atoms with Crippen LogP contribution in [0.3, 0.4) is 0 Å². The van der Waals surface area contributed by atoms with Crippen LogP contribution in [0, 0.1) is 0 Å². The van der Waals surface area contributed by atoms with Crippen molar-refractivity contribution in [2.45, 2.75) is 6.92 Å². The van der Waals surface area contributed by atoms with Crippen molar-refractivity contribution >= 4 is 26.3 Å². The van der Waals surface area contributed by atoms with E-state index in [1.165, 1.54) is 6.08 Å². The maximum atomic E-state index is 9.75. The Kier molecular flexibility index (Phi) is 107. The molecule has 6 heteroatoms. The van der Waals surface area contributed by atoms with Gasteiger partial charge in [0.25, 0.3) is 0 Å². The second-order valence-corrected chi connectivity index (χ2v) is 1.22. The van der Waals surface area contributed by atoms with E-state index in [4.69, 9.17) is 19.5 Å². The largest absolute Gasteiger partial charge is 3.00 e. The predicted octanol–water partition coefficient (Wildman–Crippen LogP) is 0.379. The van der Waals surface area contributed by atoms with E-state index in [1.54, 1.807) is 12.2 Å². The van der Waals surface area contributed by atoms with Crippen LogP contribution < -0.4 is 0 Å². The van der Waals surface area contributed by atoms with Crippen molar-refractivity contribution in [1.82, 2.24) is 0 Å². The molecule has 0 heterocycles. The van der Waals surface area contributed by atoms with Crippen LogP contribution in [0.25, 0.3) is 0 Å². The topological polar surface area (TPSA) is 88.5 Å². The van der Waals surface area contributed by atoms with Crippen LogP contribution in [0.5, 0.6) is 0 Å². The van der Waals surface area contributed by atoms with Gasteiger partial charge >= 0.3 is 23.0 Å². The van der Waals surface area contributed by atoms with Crippen molar-refractivity contribution in [3.8, 4) is 0 Å². The summed E-state index contributed by atoms with van der Waals surface area (Å²) in [6.07, 6.45) is 5.98. The molecule has 0 aliphatic rings. The van der Waals surface area contributed by atoms with E-state index in [2.05, 4.69) is 20.4 Å². The average molecular weight is 255 g/mol.